The van der Waals surface area contributed by atoms with Crippen LogP contribution in [0.1, 0.15) is 38.7 Å². The van der Waals surface area contributed by atoms with Crippen LogP contribution >= 0.6 is 0 Å². The normalized spacial score (nSPS) is 22.7. The maximum absolute atomic E-state index is 12.8. The average Bonchev–Trinajstić information content (AvgIpc) is 2.74. The van der Waals surface area contributed by atoms with Crippen LogP contribution in [0.25, 0.3) is 5.57 Å². The van der Waals surface area contributed by atoms with Gasteiger partial charge in [0.1, 0.15) is 17.1 Å². The minimum atomic E-state index is -0.269. The summed E-state index contributed by atoms with van der Waals surface area (Å²) in [4.78, 5) is 19.5. The first-order valence-electron chi connectivity index (χ1n) is 10.4. The highest BCUT2D eigenvalue weighted by Crippen LogP contribution is 2.42. The molecule has 1 aromatic carbocycles. The van der Waals surface area contributed by atoms with E-state index in [-0.39, 0.29) is 17.6 Å². The van der Waals surface area contributed by atoms with Crippen molar-refractivity contribution in [3.05, 3.63) is 48.1 Å². The van der Waals surface area contributed by atoms with Gasteiger partial charge >= 0.3 is 0 Å². The third kappa shape index (κ3) is 3.51. The van der Waals surface area contributed by atoms with Crippen molar-refractivity contribution in [2.45, 2.75) is 44.8 Å². The number of hydrogen-bond acceptors (Lipinski definition) is 4. The number of piperidine rings is 1. The smallest absolute Gasteiger partial charge is 0.271 e. The van der Waals surface area contributed by atoms with Crippen LogP contribution in [-0.2, 0) is 4.79 Å². The predicted octanol–water partition coefficient (Wildman–Crippen LogP) is 3.22. The van der Waals surface area contributed by atoms with Crippen molar-refractivity contribution in [3.8, 4) is 5.75 Å². The van der Waals surface area contributed by atoms with Crippen molar-refractivity contribution < 1.29 is 9.53 Å². The number of fused-ring (bicyclic) bond motifs is 1. The van der Waals surface area contributed by atoms with Crippen LogP contribution in [0.15, 0.2) is 47.5 Å². The van der Waals surface area contributed by atoms with Crippen molar-refractivity contribution in [1.29, 1.82) is 0 Å². The fourth-order valence-electron chi connectivity index (χ4n) is 4.34. The van der Waals surface area contributed by atoms with Crippen molar-refractivity contribution in [2.75, 3.05) is 26.2 Å². The summed E-state index contributed by atoms with van der Waals surface area (Å²) < 4.78 is 6.47. The molecule has 0 aliphatic carbocycles. The summed E-state index contributed by atoms with van der Waals surface area (Å²) in [5.41, 5.74) is 2.58. The molecule has 3 aliphatic heterocycles. The zero-order valence-corrected chi connectivity index (χ0v) is 16.8. The molecular weight excluding hydrogens is 350 g/mol. The molecule has 0 radical (unpaired) electrons. The summed E-state index contributed by atoms with van der Waals surface area (Å²) in [7, 11) is 0. The largest absolute Gasteiger partial charge is 0.482 e. The summed E-state index contributed by atoms with van der Waals surface area (Å²) in [5.74, 6) is 0.951. The Hall–Kier alpha value is -2.40. The third-order valence-electron chi connectivity index (χ3n) is 5.94. The van der Waals surface area contributed by atoms with E-state index in [4.69, 9.17) is 9.73 Å². The molecule has 1 saturated heterocycles. The molecule has 5 nitrogen and oxygen atoms in total. The van der Waals surface area contributed by atoms with Gasteiger partial charge in [0.15, 0.2) is 0 Å². The molecule has 1 N–H and O–H groups in total. The van der Waals surface area contributed by atoms with Gasteiger partial charge in [-0.15, -0.1) is 0 Å². The van der Waals surface area contributed by atoms with Gasteiger partial charge in [-0.2, -0.15) is 0 Å². The molecule has 5 heteroatoms. The van der Waals surface area contributed by atoms with E-state index in [9.17, 15) is 4.79 Å². The van der Waals surface area contributed by atoms with Crippen LogP contribution < -0.4 is 10.1 Å². The maximum Gasteiger partial charge on any atom is 0.271 e. The van der Waals surface area contributed by atoms with E-state index in [1.807, 2.05) is 37.0 Å². The first kappa shape index (κ1) is 18.9. The highest BCUT2D eigenvalue weighted by atomic mass is 16.5. The first-order valence-corrected chi connectivity index (χ1v) is 10.4. The van der Waals surface area contributed by atoms with Crippen LogP contribution in [0.5, 0.6) is 5.75 Å². The number of nitrogens with one attached hydrogen (secondary N) is 1. The second-order valence-corrected chi connectivity index (χ2v) is 7.66. The average molecular weight is 380 g/mol. The molecule has 1 fully saturated rings. The van der Waals surface area contributed by atoms with Gasteiger partial charge in [-0.25, -0.2) is 0 Å². The topological polar surface area (TPSA) is 53.9 Å². The molecule has 3 aliphatic rings. The Balaban J connectivity index is 1.71. The van der Waals surface area contributed by atoms with E-state index in [2.05, 4.69) is 29.6 Å². The molecule has 148 valence electrons. The molecular formula is C23H29N3O2. The van der Waals surface area contributed by atoms with Crippen LogP contribution in [0.4, 0.5) is 0 Å². The van der Waals surface area contributed by atoms with E-state index in [1.54, 1.807) is 0 Å². The molecule has 4 rings (SSSR count). The van der Waals surface area contributed by atoms with Gasteiger partial charge in [0, 0.05) is 31.5 Å². The van der Waals surface area contributed by atoms with E-state index < -0.39 is 0 Å². The zero-order chi connectivity index (χ0) is 19.6. The fraction of sp³-hybridized carbons (Fsp3) is 0.478. The molecule has 1 atom stereocenters. The summed E-state index contributed by atoms with van der Waals surface area (Å²) in [6.45, 7) is 7.30. The Bertz CT molecular complexity index is 830. The predicted molar refractivity (Wildman–Crippen MR) is 113 cm³/mol. The number of carbonyl (C=O) groups excluding carboxylic acids is 1. The quantitative estimate of drug-likeness (QED) is 0.874. The van der Waals surface area contributed by atoms with Crippen molar-refractivity contribution >= 4 is 17.2 Å². The number of para-hydroxylation sites is 1. The number of benzene rings is 1. The molecule has 1 amide bonds. The second-order valence-electron chi connectivity index (χ2n) is 7.66. The molecule has 0 saturated carbocycles. The lowest BCUT2D eigenvalue weighted by Crippen LogP contribution is -2.46. The SMILES string of the molecule is CCN(CC)C(=O)C1=NC(C2=CC3(CCNCC3)Oc3ccccc32)CC=C1. The number of hydrogen-bond donors (Lipinski definition) is 1. The van der Waals surface area contributed by atoms with Crippen molar-refractivity contribution in [1.82, 2.24) is 10.2 Å². The summed E-state index contributed by atoms with van der Waals surface area (Å²) in [5, 5.41) is 3.42. The number of carbonyl (C=O) groups is 1. The molecule has 28 heavy (non-hydrogen) atoms. The van der Waals surface area contributed by atoms with E-state index in [0.717, 1.165) is 43.7 Å². The van der Waals surface area contributed by atoms with Gasteiger partial charge in [0.25, 0.3) is 5.91 Å². The second kappa shape index (κ2) is 7.92. The van der Waals surface area contributed by atoms with Gasteiger partial charge in [-0.3, -0.25) is 9.79 Å². The van der Waals surface area contributed by atoms with Gasteiger partial charge in [0.05, 0.1) is 6.04 Å². The Labute approximate surface area is 167 Å². The Kier molecular flexibility index (Phi) is 5.36. The van der Waals surface area contributed by atoms with E-state index in [1.165, 1.54) is 5.57 Å². The fourth-order valence-corrected chi connectivity index (χ4v) is 4.34. The Morgan fingerprint density at radius 3 is 2.75 bits per heavy atom. The van der Waals surface area contributed by atoms with Gasteiger partial charge in [0.2, 0.25) is 0 Å². The lowest BCUT2D eigenvalue weighted by molar-refractivity contribution is -0.123. The van der Waals surface area contributed by atoms with Gasteiger partial charge < -0.3 is 15.0 Å². The molecule has 0 bridgehead atoms. The first-order chi connectivity index (χ1) is 13.7. The van der Waals surface area contributed by atoms with Crippen LogP contribution in [0.2, 0.25) is 0 Å². The van der Waals surface area contributed by atoms with Gasteiger partial charge in [-0.05, 0) is 57.1 Å². The molecule has 1 spiro atoms. The summed E-state index contributed by atoms with van der Waals surface area (Å²) in [6.07, 6.45) is 8.96. The third-order valence-corrected chi connectivity index (χ3v) is 5.94. The standard InChI is InChI=1S/C23H29N3O2/c1-3-26(4-2)22(27)20-10-7-9-19(25-20)18-16-23(12-14-24-15-13-23)28-21-11-6-5-8-17(18)21/h5-8,10-11,16,19,24H,3-4,9,12-15H2,1-2H3. The van der Waals surface area contributed by atoms with Crippen molar-refractivity contribution in [2.24, 2.45) is 4.99 Å². The highest BCUT2D eigenvalue weighted by Gasteiger charge is 2.38. The number of nitrogens with zero attached hydrogens (tertiary/aromatic N) is 2. The highest BCUT2D eigenvalue weighted by molar-refractivity contribution is 6.43. The lowest BCUT2D eigenvalue weighted by Gasteiger charge is -2.41. The summed E-state index contributed by atoms with van der Waals surface area (Å²) in [6, 6.07) is 8.18. The monoisotopic (exact) mass is 379 g/mol. The number of ether oxygens (including phenoxy) is 1. The molecule has 3 heterocycles. The zero-order valence-electron chi connectivity index (χ0n) is 16.8. The van der Waals surface area contributed by atoms with Crippen LogP contribution in [-0.4, -0.2) is 54.3 Å². The Morgan fingerprint density at radius 2 is 2.00 bits per heavy atom. The molecule has 1 aromatic rings. The van der Waals surface area contributed by atoms with Crippen LogP contribution in [0.3, 0.4) is 0 Å². The number of rotatable bonds is 4. The lowest BCUT2D eigenvalue weighted by atomic mass is 9.82. The van der Waals surface area contributed by atoms with Crippen molar-refractivity contribution in [3.63, 3.8) is 0 Å². The van der Waals surface area contributed by atoms with E-state index >= 15 is 0 Å². The molecule has 1 unspecified atom stereocenters. The molecule has 0 aromatic heterocycles. The number of amides is 1. The number of dihydropyridines is 1. The van der Waals surface area contributed by atoms with Crippen LogP contribution in [0, 0.1) is 0 Å². The number of aliphatic imine (C=N–C) groups is 1. The van der Waals surface area contributed by atoms with E-state index in [0.29, 0.717) is 18.8 Å². The minimum absolute atomic E-state index is 0.0171. The summed E-state index contributed by atoms with van der Waals surface area (Å²) >= 11 is 0. The minimum Gasteiger partial charge on any atom is -0.482 e. The maximum atomic E-state index is 12.8. The Morgan fingerprint density at radius 1 is 1.25 bits per heavy atom. The van der Waals surface area contributed by atoms with Gasteiger partial charge in [-0.1, -0.05) is 24.3 Å².